The number of methoxy groups -OCH3 is 1. The van der Waals surface area contributed by atoms with Crippen molar-refractivity contribution >= 4 is 16.7 Å². The van der Waals surface area contributed by atoms with Gasteiger partial charge in [0, 0.05) is 12.6 Å². The molecule has 0 amide bonds. The summed E-state index contributed by atoms with van der Waals surface area (Å²) < 4.78 is 10.3. The Bertz CT molecular complexity index is 635. The third kappa shape index (κ3) is 3.06. The first-order chi connectivity index (χ1) is 10.3. The van der Waals surface area contributed by atoms with Crippen LogP contribution in [0.1, 0.15) is 18.0 Å². The topological polar surface area (TPSA) is 47.6 Å². The molecule has 0 bridgehead atoms. The Morgan fingerprint density at radius 1 is 1.29 bits per heavy atom. The Kier molecular flexibility index (Phi) is 4.18. The van der Waals surface area contributed by atoms with E-state index in [2.05, 4.69) is 11.4 Å². The maximum atomic E-state index is 12.1. The van der Waals surface area contributed by atoms with E-state index in [4.69, 9.17) is 9.47 Å². The number of carbonyl (C=O) groups is 1. The molecule has 1 saturated heterocycles. The second-order valence-electron chi connectivity index (χ2n) is 5.29. The number of hydrogen-bond donors (Lipinski definition) is 1. The summed E-state index contributed by atoms with van der Waals surface area (Å²) in [5, 5.41) is 5.63. The Morgan fingerprint density at radius 3 is 2.81 bits per heavy atom. The fraction of sp³-hybridized carbons (Fsp3) is 0.353. The van der Waals surface area contributed by atoms with Gasteiger partial charge in [-0.3, -0.25) is 5.32 Å². The zero-order valence-electron chi connectivity index (χ0n) is 12.0. The van der Waals surface area contributed by atoms with E-state index in [-0.39, 0.29) is 12.0 Å². The van der Waals surface area contributed by atoms with Crippen molar-refractivity contribution in [2.45, 2.75) is 18.5 Å². The highest BCUT2D eigenvalue weighted by Gasteiger charge is 2.26. The minimum absolute atomic E-state index is 0.195. The largest absolute Gasteiger partial charge is 0.468 e. The van der Waals surface area contributed by atoms with Gasteiger partial charge in [0.2, 0.25) is 0 Å². The molecular weight excluding hydrogens is 266 g/mol. The summed E-state index contributed by atoms with van der Waals surface area (Å²) >= 11 is 0. The summed E-state index contributed by atoms with van der Waals surface area (Å²) in [5.74, 6) is -0.266. The normalized spacial score (nSPS) is 19.6. The van der Waals surface area contributed by atoms with Gasteiger partial charge in [0.25, 0.3) is 0 Å². The van der Waals surface area contributed by atoms with E-state index in [0.717, 1.165) is 29.4 Å². The van der Waals surface area contributed by atoms with Crippen LogP contribution in [-0.2, 0) is 14.3 Å². The Morgan fingerprint density at radius 2 is 2.10 bits per heavy atom. The molecular formula is C17H19NO3. The molecule has 1 aliphatic rings. The van der Waals surface area contributed by atoms with Crippen molar-refractivity contribution in [3.05, 3.63) is 48.0 Å². The van der Waals surface area contributed by atoms with Crippen molar-refractivity contribution in [3.8, 4) is 0 Å². The first-order valence-corrected chi connectivity index (χ1v) is 7.18. The number of benzene rings is 2. The Balaban J connectivity index is 1.90. The number of nitrogens with one attached hydrogen (secondary N) is 1. The lowest BCUT2D eigenvalue weighted by atomic mass is 10.0. The first kappa shape index (κ1) is 14.0. The van der Waals surface area contributed by atoms with Gasteiger partial charge >= 0.3 is 5.97 Å². The van der Waals surface area contributed by atoms with Gasteiger partial charge in [-0.05, 0) is 28.8 Å². The number of carbonyl (C=O) groups excluding carboxylic acids is 1. The van der Waals surface area contributed by atoms with Crippen LogP contribution in [0.25, 0.3) is 10.8 Å². The number of ether oxygens (including phenoxy) is 2. The molecule has 0 aromatic heterocycles. The number of esters is 1. The molecule has 0 radical (unpaired) electrons. The molecule has 1 heterocycles. The monoisotopic (exact) mass is 285 g/mol. The van der Waals surface area contributed by atoms with E-state index in [1.807, 2.05) is 36.4 Å². The van der Waals surface area contributed by atoms with Crippen LogP contribution in [0, 0.1) is 0 Å². The maximum absolute atomic E-state index is 12.1. The van der Waals surface area contributed by atoms with Crippen LogP contribution in [0.15, 0.2) is 42.5 Å². The van der Waals surface area contributed by atoms with Crippen LogP contribution >= 0.6 is 0 Å². The van der Waals surface area contributed by atoms with Crippen LogP contribution < -0.4 is 5.32 Å². The third-order valence-electron chi connectivity index (χ3n) is 3.88. The lowest BCUT2D eigenvalue weighted by Gasteiger charge is -2.21. The smallest absolute Gasteiger partial charge is 0.327 e. The van der Waals surface area contributed by atoms with E-state index < -0.39 is 6.04 Å². The molecule has 2 atom stereocenters. The highest BCUT2D eigenvalue weighted by molar-refractivity contribution is 5.85. The summed E-state index contributed by atoms with van der Waals surface area (Å²) in [7, 11) is 1.42. The van der Waals surface area contributed by atoms with Gasteiger partial charge in [-0.15, -0.1) is 0 Å². The second-order valence-corrected chi connectivity index (χ2v) is 5.29. The van der Waals surface area contributed by atoms with E-state index >= 15 is 0 Å². The molecule has 0 aliphatic carbocycles. The van der Waals surface area contributed by atoms with Gasteiger partial charge in [0.1, 0.15) is 6.04 Å². The van der Waals surface area contributed by atoms with Crippen LogP contribution in [-0.4, -0.2) is 32.3 Å². The zero-order chi connectivity index (χ0) is 14.7. The number of rotatable bonds is 4. The van der Waals surface area contributed by atoms with E-state index in [1.165, 1.54) is 7.11 Å². The predicted molar refractivity (Wildman–Crippen MR) is 81.1 cm³/mol. The Hall–Kier alpha value is -1.91. The molecule has 0 saturated carbocycles. The van der Waals surface area contributed by atoms with Gasteiger partial charge in [-0.1, -0.05) is 36.4 Å². The standard InChI is InChI=1S/C17H19NO3/c1-20-17(19)16(18-15-8-9-21-11-15)14-7-6-12-4-2-3-5-13(12)10-14/h2-7,10,15-16,18H,8-9,11H2,1H3/t15-,16+/m1/s1. The van der Waals surface area contributed by atoms with Crippen molar-refractivity contribution in [2.75, 3.05) is 20.3 Å². The molecule has 2 aromatic rings. The Labute approximate surface area is 124 Å². The van der Waals surface area contributed by atoms with Gasteiger partial charge in [0.05, 0.1) is 13.7 Å². The molecule has 21 heavy (non-hydrogen) atoms. The molecule has 2 aromatic carbocycles. The molecule has 0 spiro atoms. The first-order valence-electron chi connectivity index (χ1n) is 7.18. The van der Waals surface area contributed by atoms with Crippen molar-refractivity contribution in [1.29, 1.82) is 0 Å². The zero-order valence-corrected chi connectivity index (χ0v) is 12.0. The molecule has 110 valence electrons. The quantitative estimate of drug-likeness (QED) is 0.877. The van der Waals surface area contributed by atoms with Crippen molar-refractivity contribution < 1.29 is 14.3 Å². The van der Waals surface area contributed by atoms with Crippen LogP contribution in [0.2, 0.25) is 0 Å². The maximum Gasteiger partial charge on any atom is 0.327 e. The van der Waals surface area contributed by atoms with Crippen LogP contribution in [0.5, 0.6) is 0 Å². The summed E-state index contributed by atoms with van der Waals surface area (Å²) in [5.41, 5.74) is 0.924. The highest BCUT2D eigenvalue weighted by atomic mass is 16.5. The minimum atomic E-state index is -0.452. The lowest BCUT2D eigenvalue weighted by Crippen LogP contribution is -2.38. The second kappa shape index (κ2) is 6.24. The SMILES string of the molecule is COC(=O)[C@@H](N[C@@H]1CCOC1)c1ccc2ccccc2c1. The predicted octanol–water partition coefficient (Wildman–Crippen LogP) is 2.43. The fourth-order valence-electron chi connectivity index (χ4n) is 2.71. The molecule has 1 fully saturated rings. The van der Waals surface area contributed by atoms with E-state index in [0.29, 0.717) is 6.61 Å². The fourth-order valence-corrected chi connectivity index (χ4v) is 2.71. The number of hydrogen-bond acceptors (Lipinski definition) is 4. The molecule has 3 rings (SSSR count). The van der Waals surface area contributed by atoms with Crippen molar-refractivity contribution in [1.82, 2.24) is 5.32 Å². The van der Waals surface area contributed by atoms with Gasteiger partial charge < -0.3 is 9.47 Å². The summed E-state index contributed by atoms with van der Waals surface area (Å²) in [6.45, 7) is 1.38. The van der Waals surface area contributed by atoms with Crippen LogP contribution in [0.4, 0.5) is 0 Å². The number of fused-ring (bicyclic) bond motifs is 1. The molecule has 1 aliphatic heterocycles. The average Bonchev–Trinajstić information content (AvgIpc) is 3.04. The summed E-state index contributed by atoms with van der Waals surface area (Å²) in [6.07, 6.45) is 0.918. The van der Waals surface area contributed by atoms with Crippen molar-refractivity contribution in [3.63, 3.8) is 0 Å². The molecule has 0 unspecified atom stereocenters. The molecule has 1 N–H and O–H groups in total. The van der Waals surface area contributed by atoms with Gasteiger partial charge in [-0.25, -0.2) is 4.79 Å². The minimum Gasteiger partial charge on any atom is -0.468 e. The molecule has 4 heteroatoms. The van der Waals surface area contributed by atoms with Crippen molar-refractivity contribution in [2.24, 2.45) is 0 Å². The summed E-state index contributed by atoms with van der Waals surface area (Å²) in [6, 6.07) is 13.9. The lowest BCUT2D eigenvalue weighted by molar-refractivity contribution is -0.143. The van der Waals surface area contributed by atoms with Crippen LogP contribution in [0.3, 0.4) is 0 Å². The highest BCUT2D eigenvalue weighted by Crippen LogP contribution is 2.22. The third-order valence-corrected chi connectivity index (χ3v) is 3.88. The average molecular weight is 285 g/mol. The van der Waals surface area contributed by atoms with E-state index in [1.54, 1.807) is 0 Å². The molecule has 4 nitrogen and oxygen atoms in total. The summed E-state index contributed by atoms with van der Waals surface area (Å²) in [4.78, 5) is 12.1. The van der Waals surface area contributed by atoms with Gasteiger partial charge in [0.15, 0.2) is 0 Å². The van der Waals surface area contributed by atoms with E-state index in [9.17, 15) is 4.79 Å². The van der Waals surface area contributed by atoms with Gasteiger partial charge in [-0.2, -0.15) is 0 Å².